The molecule has 1 aromatic heterocycles. The second-order valence-corrected chi connectivity index (χ2v) is 8.63. The fourth-order valence-electron chi connectivity index (χ4n) is 4.18. The average molecular weight is 469 g/mol. The number of nitrogens with zero attached hydrogens (tertiary/aromatic N) is 2. The monoisotopic (exact) mass is 468 g/mol. The normalized spacial score (nSPS) is 15.3. The Balaban J connectivity index is 1.85. The van der Waals surface area contributed by atoms with Crippen LogP contribution in [0.1, 0.15) is 47.5 Å². The number of benzene rings is 2. The van der Waals surface area contributed by atoms with Gasteiger partial charge in [0.25, 0.3) is 5.91 Å². The summed E-state index contributed by atoms with van der Waals surface area (Å²) in [7, 11) is 5.37. The van der Waals surface area contributed by atoms with E-state index in [1.807, 2.05) is 25.1 Å². The summed E-state index contributed by atoms with van der Waals surface area (Å²) >= 11 is 0. The Kier molecular flexibility index (Phi) is 6.88. The van der Waals surface area contributed by atoms with E-state index in [0.717, 1.165) is 18.9 Å². The van der Waals surface area contributed by atoms with Gasteiger partial charge in [0.1, 0.15) is 11.4 Å². The van der Waals surface area contributed by atoms with Gasteiger partial charge in [-0.05, 0) is 56.4 Å². The lowest BCUT2D eigenvalue weighted by Gasteiger charge is -2.27. The van der Waals surface area contributed by atoms with Gasteiger partial charge in [-0.3, -0.25) is 9.59 Å². The molecule has 7 nitrogen and oxygen atoms in total. The Labute approximate surface area is 197 Å². The Hall–Kier alpha value is -3.39. The first-order valence-corrected chi connectivity index (χ1v) is 11.4. The quantitative estimate of drug-likeness (QED) is 0.438. The molecule has 0 radical (unpaired) electrons. The number of hydrogen-bond acceptors (Lipinski definition) is 6. The van der Waals surface area contributed by atoms with Crippen LogP contribution in [0.2, 0.25) is 0 Å². The van der Waals surface area contributed by atoms with Crippen molar-refractivity contribution in [2.45, 2.75) is 25.8 Å². The zero-order valence-corrected chi connectivity index (χ0v) is 19.9. The molecule has 0 aliphatic carbocycles. The van der Waals surface area contributed by atoms with Crippen molar-refractivity contribution >= 4 is 16.9 Å². The third-order valence-corrected chi connectivity index (χ3v) is 5.97. The summed E-state index contributed by atoms with van der Waals surface area (Å²) in [5.74, 6) is 0.192. The molecule has 4 rings (SSSR count). The zero-order valence-electron chi connectivity index (χ0n) is 19.9. The van der Waals surface area contributed by atoms with Crippen molar-refractivity contribution < 1.29 is 23.1 Å². The molecule has 180 valence electrons. The van der Waals surface area contributed by atoms with Crippen molar-refractivity contribution in [1.82, 2.24) is 9.80 Å². The molecule has 1 aliphatic heterocycles. The Morgan fingerprint density at radius 1 is 1.12 bits per heavy atom. The lowest BCUT2D eigenvalue weighted by atomic mass is 9.98. The number of fused-ring (bicyclic) bond motifs is 2. The van der Waals surface area contributed by atoms with Crippen LogP contribution >= 0.6 is 0 Å². The van der Waals surface area contributed by atoms with Crippen molar-refractivity contribution in [3.05, 3.63) is 69.3 Å². The molecule has 2 heterocycles. The molecule has 0 saturated carbocycles. The highest BCUT2D eigenvalue weighted by Crippen LogP contribution is 2.40. The first-order chi connectivity index (χ1) is 16.3. The number of methoxy groups -OCH3 is 1. The number of carbonyl (C=O) groups is 1. The second kappa shape index (κ2) is 9.85. The Morgan fingerprint density at radius 3 is 2.62 bits per heavy atom. The van der Waals surface area contributed by atoms with Crippen molar-refractivity contribution in [2.24, 2.45) is 0 Å². The highest BCUT2D eigenvalue weighted by Gasteiger charge is 2.42. The van der Waals surface area contributed by atoms with E-state index in [0.29, 0.717) is 36.8 Å². The summed E-state index contributed by atoms with van der Waals surface area (Å²) in [5.41, 5.74) is 0.671. The van der Waals surface area contributed by atoms with E-state index in [2.05, 4.69) is 6.92 Å². The fraction of sp³-hybridized carbons (Fsp3) is 0.385. The van der Waals surface area contributed by atoms with E-state index in [1.54, 1.807) is 24.1 Å². The van der Waals surface area contributed by atoms with Crippen LogP contribution in [0.3, 0.4) is 0 Å². The smallest absolute Gasteiger partial charge is 0.290 e. The van der Waals surface area contributed by atoms with E-state index < -0.39 is 17.3 Å². The highest BCUT2D eigenvalue weighted by atomic mass is 19.1. The molecule has 0 fully saturated rings. The molecule has 1 atom stereocenters. The van der Waals surface area contributed by atoms with E-state index >= 15 is 0 Å². The van der Waals surface area contributed by atoms with Gasteiger partial charge in [-0.15, -0.1) is 0 Å². The molecule has 0 bridgehead atoms. The lowest BCUT2D eigenvalue weighted by molar-refractivity contribution is 0.0716. The van der Waals surface area contributed by atoms with Crippen LogP contribution in [-0.2, 0) is 0 Å². The summed E-state index contributed by atoms with van der Waals surface area (Å²) in [6.07, 6.45) is 1.92. The third kappa shape index (κ3) is 4.37. The average Bonchev–Trinajstić information content (AvgIpc) is 3.10. The molecule has 1 amide bonds. The molecule has 8 heteroatoms. The number of rotatable bonds is 9. The molecule has 1 unspecified atom stereocenters. The predicted octanol–water partition coefficient (Wildman–Crippen LogP) is 4.23. The molecule has 34 heavy (non-hydrogen) atoms. The maximum Gasteiger partial charge on any atom is 0.290 e. The minimum Gasteiger partial charge on any atom is -0.493 e. The molecule has 1 aliphatic rings. The standard InChI is InChI=1S/C26H29FN2O5/c1-5-6-13-33-20-9-7-16(14-21(20)32-4)23-22-24(30)18-15-17(27)8-10-19(18)34-25(22)26(31)29(23)12-11-28(2)3/h7-10,14-15,23H,5-6,11-13H2,1-4H3. The number of amides is 1. The summed E-state index contributed by atoms with van der Waals surface area (Å²) in [6.45, 7) is 3.62. The Morgan fingerprint density at radius 2 is 1.91 bits per heavy atom. The zero-order chi connectivity index (χ0) is 24.4. The molecular formula is C26H29FN2O5. The van der Waals surface area contributed by atoms with Gasteiger partial charge in [-0.1, -0.05) is 19.4 Å². The number of halogens is 1. The van der Waals surface area contributed by atoms with Crippen LogP contribution in [0.5, 0.6) is 11.5 Å². The van der Waals surface area contributed by atoms with Gasteiger partial charge in [0, 0.05) is 13.1 Å². The number of likely N-dealkylation sites (N-methyl/N-ethyl adjacent to an activating group) is 1. The molecule has 0 saturated heterocycles. The van der Waals surface area contributed by atoms with Crippen molar-refractivity contribution in [2.75, 3.05) is 40.9 Å². The summed E-state index contributed by atoms with van der Waals surface area (Å²) in [4.78, 5) is 30.5. The summed E-state index contributed by atoms with van der Waals surface area (Å²) in [6, 6.07) is 8.45. The third-order valence-electron chi connectivity index (χ3n) is 5.97. The summed E-state index contributed by atoms with van der Waals surface area (Å²) < 4.78 is 31.2. The van der Waals surface area contributed by atoms with Crippen LogP contribution in [0.15, 0.2) is 45.6 Å². The first-order valence-electron chi connectivity index (χ1n) is 11.4. The van der Waals surface area contributed by atoms with Crippen LogP contribution in [-0.4, -0.2) is 56.6 Å². The van der Waals surface area contributed by atoms with Gasteiger partial charge in [-0.25, -0.2) is 4.39 Å². The van der Waals surface area contributed by atoms with Crippen LogP contribution in [0.25, 0.3) is 11.0 Å². The Bertz CT molecular complexity index is 1270. The maximum absolute atomic E-state index is 13.9. The van der Waals surface area contributed by atoms with Crippen molar-refractivity contribution in [3.63, 3.8) is 0 Å². The highest BCUT2D eigenvalue weighted by molar-refractivity contribution is 5.99. The van der Waals surface area contributed by atoms with E-state index in [4.69, 9.17) is 13.9 Å². The number of unbranched alkanes of at least 4 members (excludes halogenated alkanes) is 1. The topological polar surface area (TPSA) is 72.2 Å². The van der Waals surface area contributed by atoms with E-state index in [9.17, 15) is 14.0 Å². The molecule has 2 aromatic carbocycles. The largest absolute Gasteiger partial charge is 0.493 e. The van der Waals surface area contributed by atoms with Gasteiger partial charge in [0.2, 0.25) is 5.76 Å². The van der Waals surface area contributed by atoms with E-state index in [-0.39, 0.29) is 28.2 Å². The number of hydrogen-bond donors (Lipinski definition) is 0. The van der Waals surface area contributed by atoms with Gasteiger partial charge in [-0.2, -0.15) is 0 Å². The van der Waals surface area contributed by atoms with Crippen LogP contribution in [0, 0.1) is 5.82 Å². The SMILES string of the molecule is CCCCOc1ccc(C2c3c(oc4ccc(F)cc4c3=O)C(=O)N2CCN(C)C)cc1OC. The van der Waals surface area contributed by atoms with Crippen LogP contribution < -0.4 is 14.9 Å². The molecule has 3 aromatic rings. The van der Waals surface area contributed by atoms with Gasteiger partial charge in [0.05, 0.1) is 30.7 Å². The van der Waals surface area contributed by atoms with E-state index in [1.165, 1.54) is 12.1 Å². The second-order valence-electron chi connectivity index (χ2n) is 8.63. The minimum atomic E-state index is -0.690. The maximum atomic E-state index is 13.9. The predicted molar refractivity (Wildman–Crippen MR) is 127 cm³/mol. The number of carbonyl (C=O) groups excluding carboxylic acids is 1. The fourth-order valence-corrected chi connectivity index (χ4v) is 4.18. The first kappa shape index (κ1) is 23.8. The minimum absolute atomic E-state index is 0.00453. The van der Waals surface area contributed by atoms with Crippen molar-refractivity contribution in [1.29, 1.82) is 0 Å². The number of ether oxygens (including phenoxy) is 2. The molecule has 0 spiro atoms. The van der Waals surface area contributed by atoms with Crippen molar-refractivity contribution in [3.8, 4) is 11.5 Å². The van der Waals surface area contributed by atoms with Gasteiger partial charge in [0.15, 0.2) is 16.9 Å². The molecule has 0 N–H and O–H groups in total. The van der Waals surface area contributed by atoms with Crippen LogP contribution in [0.4, 0.5) is 4.39 Å². The van der Waals surface area contributed by atoms with Gasteiger partial charge < -0.3 is 23.7 Å². The summed E-state index contributed by atoms with van der Waals surface area (Å²) in [5, 5.41) is 0.109. The van der Waals surface area contributed by atoms with Gasteiger partial charge >= 0.3 is 0 Å². The lowest BCUT2D eigenvalue weighted by Crippen LogP contribution is -2.35. The molecular weight excluding hydrogens is 439 g/mol.